The Morgan fingerprint density at radius 1 is 1.25 bits per heavy atom. The smallest absolute Gasteiger partial charge is 0.257 e. The van der Waals surface area contributed by atoms with Crippen LogP contribution in [0.2, 0.25) is 5.02 Å². The zero-order valence-electron chi connectivity index (χ0n) is 13.5. The molecule has 126 valence electrons. The van der Waals surface area contributed by atoms with E-state index in [1.165, 1.54) is 18.2 Å². The number of methoxy groups -OCH3 is 1. The van der Waals surface area contributed by atoms with Gasteiger partial charge >= 0.3 is 0 Å². The van der Waals surface area contributed by atoms with Gasteiger partial charge in [-0.2, -0.15) is 0 Å². The Bertz CT molecular complexity index is 750. The van der Waals surface area contributed by atoms with Crippen LogP contribution in [-0.4, -0.2) is 24.5 Å². The normalized spacial score (nSPS) is 17.6. The van der Waals surface area contributed by atoms with Crippen LogP contribution in [0.5, 0.6) is 5.75 Å². The summed E-state index contributed by atoms with van der Waals surface area (Å²) in [7, 11) is 1.62. The molecule has 1 aliphatic heterocycles. The highest BCUT2D eigenvalue weighted by Gasteiger charge is 2.30. The van der Waals surface area contributed by atoms with Gasteiger partial charge in [-0.1, -0.05) is 23.7 Å². The topological polar surface area (TPSA) is 29.5 Å². The van der Waals surface area contributed by atoms with Crippen LogP contribution in [0.1, 0.15) is 41.2 Å². The van der Waals surface area contributed by atoms with E-state index in [2.05, 4.69) is 0 Å². The Morgan fingerprint density at radius 2 is 2.08 bits per heavy atom. The van der Waals surface area contributed by atoms with Crippen molar-refractivity contribution < 1.29 is 13.9 Å². The second-order valence-electron chi connectivity index (χ2n) is 5.91. The molecule has 0 unspecified atom stereocenters. The molecule has 3 nitrogen and oxygen atoms in total. The van der Waals surface area contributed by atoms with E-state index in [-0.39, 0.29) is 17.5 Å². The molecule has 1 saturated heterocycles. The first-order valence-corrected chi connectivity index (χ1v) is 8.38. The molecule has 1 fully saturated rings. The van der Waals surface area contributed by atoms with Crippen molar-refractivity contribution in [1.29, 1.82) is 0 Å². The molecule has 0 N–H and O–H groups in total. The van der Waals surface area contributed by atoms with Crippen molar-refractivity contribution in [2.24, 2.45) is 0 Å². The molecule has 1 heterocycles. The van der Waals surface area contributed by atoms with Crippen molar-refractivity contribution in [2.75, 3.05) is 13.7 Å². The first-order chi connectivity index (χ1) is 11.6. The third kappa shape index (κ3) is 3.39. The number of hydrogen-bond donors (Lipinski definition) is 0. The molecule has 0 saturated carbocycles. The van der Waals surface area contributed by atoms with Gasteiger partial charge in [-0.15, -0.1) is 0 Å². The predicted molar refractivity (Wildman–Crippen MR) is 92.0 cm³/mol. The first-order valence-electron chi connectivity index (χ1n) is 8.00. The zero-order chi connectivity index (χ0) is 17.1. The Labute approximate surface area is 146 Å². The largest absolute Gasteiger partial charge is 0.497 e. The van der Waals surface area contributed by atoms with Crippen LogP contribution >= 0.6 is 11.6 Å². The number of hydrogen-bond acceptors (Lipinski definition) is 2. The standard InChI is InChI=1S/C19H19ClFNO2/c1-24-15-6-4-5-13(11-15)18-7-2-3-10-22(18)19(23)16-12-14(20)8-9-17(16)21/h4-6,8-9,11-12,18H,2-3,7,10H2,1H3/t18-/m0/s1. The summed E-state index contributed by atoms with van der Waals surface area (Å²) in [5.74, 6) is -0.110. The minimum absolute atomic E-state index is 0.0253. The fraction of sp³-hybridized carbons (Fsp3) is 0.316. The SMILES string of the molecule is COc1cccc([C@@H]2CCCCN2C(=O)c2cc(Cl)ccc2F)c1. The van der Waals surface area contributed by atoms with Crippen molar-refractivity contribution in [1.82, 2.24) is 4.90 Å². The highest BCUT2D eigenvalue weighted by atomic mass is 35.5. The molecule has 1 atom stereocenters. The van der Waals surface area contributed by atoms with Gasteiger partial charge in [0.05, 0.1) is 18.7 Å². The van der Waals surface area contributed by atoms with E-state index < -0.39 is 5.82 Å². The summed E-state index contributed by atoms with van der Waals surface area (Å²) < 4.78 is 19.4. The zero-order valence-corrected chi connectivity index (χ0v) is 14.2. The van der Waals surface area contributed by atoms with Crippen LogP contribution in [0, 0.1) is 5.82 Å². The van der Waals surface area contributed by atoms with Crippen molar-refractivity contribution in [2.45, 2.75) is 25.3 Å². The minimum Gasteiger partial charge on any atom is -0.497 e. The average molecular weight is 348 g/mol. The summed E-state index contributed by atoms with van der Waals surface area (Å²) in [5.41, 5.74) is 1.03. The van der Waals surface area contributed by atoms with Crippen molar-refractivity contribution in [3.05, 3.63) is 64.4 Å². The van der Waals surface area contributed by atoms with Gasteiger partial charge in [0.25, 0.3) is 5.91 Å². The summed E-state index contributed by atoms with van der Waals surface area (Å²) in [6, 6.07) is 11.7. The number of halogens is 2. The summed E-state index contributed by atoms with van der Waals surface area (Å²) in [6.45, 7) is 0.604. The van der Waals surface area contributed by atoms with E-state index in [9.17, 15) is 9.18 Å². The third-order valence-electron chi connectivity index (χ3n) is 4.40. The van der Waals surface area contributed by atoms with E-state index in [0.29, 0.717) is 11.6 Å². The Kier molecular flexibility index (Phi) is 5.05. The molecule has 0 aliphatic carbocycles. The van der Waals surface area contributed by atoms with Gasteiger partial charge < -0.3 is 9.64 Å². The molecule has 3 rings (SSSR count). The second-order valence-corrected chi connectivity index (χ2v) is 6.35. The summed E-state index contributed by atoms with van der Waals surface area (Å²) in [6.07, 6.45) is 2.79. The van der Waals surface area contributed by atoms with Crippen LogP contribution in [0.4, 0.5) is 4.39 Å². The molecule has 1 amide bonds. The van der Waals surface area contributed by atoms with Crippen molar-refractivity contribution >= 4 is 17.5 Å². The monoisotopic (exact) mass is 347 g/mol. The van der Waals surface area contributed by atoms with Gasteiger partial charge in [0.1, 0.15) is 11.6 Å². The molecule has 1 aliphatic rings. The van der Waals surface area contributed by atoms with Crippen LogP contribution in [0.15, 0.2) is 42.5 Å². The Balaban J connectivity index is 1.94. The van der Waals surface area contributed by atoms with Gasteiger partial charge in [0.2, 0.25) is 0 Å². The van der Waals surface area contributed by atoms with Gasteiger partial charge in [0, 0.05) is 11.6 Å². The lowest BCUT2D eigenvalue weighted by Gasteiger charge is -2.36. The molecule has 2 aromatic rings. The number of likely N-dealkylation sites (tertiary alicyclic amines) is 1. The van der Waals surface area contributed by atoms with Gasteiger partial charge in [-0.3, -0.25) is 4.79 Å². The number of amides is 1. The van der Waals surface area contributed by atoms with E-state index in [4.69, 9.17) is 16.3 Å². The number of carbonyl (C=O) groups excluding carboxylic acids is 1. The maximum absolute atomic E-state index is 14.1. The van der Waals surface area contributed by atoms with E-state index in [1.807, 2.05) is 24.3 Å². The van der Waals surface area contributed by atoms with Gasteiger partial charge in [0.15, 0.2) is 0 Å². The number of carbonyl (C=O) groups is 1. The maximum atomic E-state index is 14.1. The predicted octanol–water partition coefficient (Wildman–Crippen LogP) is 4.86. The molecule has 2 aromatic carbocycles. The van der Waals surface area contributed by atoms with Crippen LogP contribution < -0.4 is 4.74 Å². The van der Waals surface area contributed by atoms with Gasteiger partial charge in [-0.05, 0) is 55.2 Å². The van der Waals surface area contributed by atoms with Crippen LogP contribution in [0.25, 0.3) is 0 Å². The van der Waals surface area contributed by atoms with Crippen LogP contribution in [0.3, 0.4) is 0 Å². The highest BCUT2D eigenvalue weighted by Crippen LogP contribution is 2.34. The fourth-order valence-electron chi connectivity index (χ4n) is 3.19. The lowest BCUT2D eigenvalue weighted by Crippen LogP contribution is -2.38. The number of rotatable bonds is 3. The molecule has 24 heavy (non-hydrogen) atoms. The van der Waals surface area contributed by atoms with E-state index in [1.54, 1.807) is 12.0 Å². The maximum Gasteiger partial charge on any atom is 0.257 e. The number of piperidine rings is 1. The number of ether oxygens (including phenoxy) is 1. The van der Waals surface area contributed by atoms with E-state index in [0.717, 1.165) is 30.6 Å². The first kappa shape index (κ1) is 16.8. The average Bonchev–Trinajstić information content (AvgIpc) is 2.63. The van der Waals surface area contributed by atoms with Crippen LogP contribution in [-0.2, 0) is 0 Å². The fourth-order valence-corrected chi connectivity index (χ4v) is 3.36. The second kappa shape index (κ2) is 7.22. The molecule has 0 radical (unpaired) electrons. The third-order valence-corrected chi connectivity index (χ3v) is 4.64. The van der Waals surface area contributed by atoms with Gasteiger partial charge in [-0.25, -0.2) is 4.39 Å². The quantitative estimate of drug-likeness (QED) is 0.794. The molecule has 0 spiro atoms. The number of nitrogens with zero attached hydrogens (tertiary/aromatic N) is 1. The molecule has 0 aromatic heterocycles. The van der Waals surface area contributed by atoms with Crippen molar-refractivity contribution in [3.63, 3.8) is 0 Å². The van der Waals surface area contributed by atoms with Crippen molar-refractivity contribution in [3.8, 4) is 5.75 Å². The Morgan fingerprint density at radius 3 is 2.88 bits per heavy atom. The summed E-state index contributed by atoms with van der Waals surface area (Å²) in [5, 5.41) is 0.356. The van der Waals surface area contributed by atoms with E-state index >= 15 is 0 Å². The Hall–Kier alpha value is -2.07. The molecular formula is C19H19ClFNO2. The minimum atomic E-state index is -0.542. The molecule has 0 bridgehead atoms. The molecular weight excluding hydrogens is 329 g/mol. The summed E-state index contributed by atoms with van der Waals surface area (Å²) >= 11 is 5.94. The molecule has 5 heteroatoms. The lowest BCUT2D eigenvalue weighted by atomic mass is 9.94. The number of benzene rings is 2. The summed E-state index contributed by atoms with van der Waals surface area (Å²) in [4.78, 5) is 14.7. The highest BCUT2D eigenvalue weighted by molar-refractivity contribution is 6.31. The lowest BCUT2D eigenvalue weighted by molar-refractivity contribution is 0.0606.